The number of amides is 1. The number of aromatic nitrogens is 2. The largest absolute Gasteiger partial charge is 0.494 e. The number of aliphatic hydroxyl groups is 1. The quantitative estimate of drug-likeness (QED) is 0.0732. The highest BCUT2D eigenvalue weighted by Crippen LogP contribution is 2.38. The lowest BCUT2D eigenvalue weighted by molar-refractivity contribution is -0.294. The molecule has 2 heterocycles. The molecule has 1 saturated heterocycles. The average Bonchev–Trinajstić information content (AvgIpc) is 3.65. The Hall–Kier alpha value is -4.74. The number of primary amides is 1. The van der Waals surface area contributed by atoms with Crippen LogP contribution in [0.2, 0.25) is 0 Å². The predicted octanol–water partition coefficient (Wildman–Crippen LogP) is 6.09. The summed E-state index contributed by atoms with van der Waals surface area (Å²) >= 11 is 0. The molecule has 0 bridgehead atoms. The minimum Gasteiger partial charge on any atom is -0.494 e. The Labute approximate surface area is 397 Å². The van der Waals surface area contributed by atoms with Gasteiger partial charge in [-0.2, -0.15) is 0 Å². The first-order valence-electron chi connectivity index (χ1n) is 25.2. The lowest BCUT2D eigenvalue weighted by Gasteiger charge is -2.45. The van der Waals surface area contributed by atoms with E-state index in [1.165, 1.54) is 55.4 Å². The summed E-state index contributed by atoms with van der Waals surface area (Å²) in [6.07, 6.45) is -6.91. The first-order chi connectivity index (χ1) is 32.7. The predicted molar refractivity (Wildman–Crippen MR) is 247 cm³/mol. The van der Waals surface area contributed by atoms with E-state index in [0.717, 1.165) is 16.8 Å². The Balaban J connectivity index is 2.28. The summed E-state index contributed by atoms with van der Waals surface area (Å²) in [5.41, 5.74) is 2.76. The van der Waals surface area contributed by atoms with Crippen LogP contribution in [0.15, 0.2) is 18.2 Å². The number of ether oxygens (including phenoxy) is 7. The topological polar surface area (TPSA) is 226 Å². The van der Waals surface area contributed by atoms with Gasteiger partial charge in [0.2, 0.25) is 24.2 Å². The average molecular weight is 935 g/mol. The molecule has 1 fully saturated rings. The molecule has 1 aromatic carbocycles. The molecule has 372 valence electrons. The number of nitrogens with two attached hydrogens (primary N) is 1. The SMILES string of the molecule is [2H]CC(C)(C)C(=O)OC[C@H]1OC(Oc2nn(CCCO)c(C(C)C)c2Cc2ccc(OCCCNCCC(N)=O)cc2C)[C@H](OC(=O)C(C)(C)C[2H])[C@@H](OC(=O)C(C)(C)C[2H])[C@@H]1OC(=O)C(C)(C)C[2H]. The maximum Gasteiger partial charge on any atom is 0.311 e. The van der Waals surface area contributed by atoms with E-state index in [0.29, 0.717) is 43.9 Å². The van der Waals surface area contributed by atoms with E-state index in [-0.39, 0.29) is 50.6 Å². The molecule has 1 unspecified atom stereocenters. The summed E-state index contributed by atoms with van der Waals surface area (Å²) in [5, 5.41) is 18.0. The number of aryl methyl sites for hydroxylation is 2. The van der Waals surface area contributed by atoms with Gasteiger partial charge in [0.25, 0.3) is 0 Å². The van der Waals surface area contributed by atoms with Crippen molar-refractivity contribution < 1.29 is 67.7 Å². The number of rotatable bonds is 21. The van der Waals surface area contributed by atoms with Gasteiger partial charge in [0.05, 0.1) is 28.3 Å². The Morgan fingerprint density at radius 3 is 1.97 bits per heavy atom. The number of nitrogens with zero attached hydrogens (tertiary/aromatic N) is 2. The molecule has 5 atom stereocenters. The summed E-state index contributed by atoms with van der Waals surface area (Å²) in [5.74, 6) is -3.43. The van der Waals surface area contributed by atoms with Gasteiger partial charge in [-0.25, -0.2) is 0 Å². The van der Waals surface area contributed by atoms with Crippen LogP contribution in [0, 0.1) is 28.6 Å². The number of carbonyl (C=O) groups is 5. The Bertz CT molecular complexity index is 2080. The zero-order chi connectivity index (χ0) is 52.8. The van der Waals surface area contributed by atoms with Gasteiger partial charge in [0.1, 0.15) is 18.5 Å². The number of esters is 4. The van der Waals surface area contributed by atoms with Crippen LogP contribution in [0.1, 0.15) is 150 Å². The molecule has 4 N–H and O–H groups in total. The molecule has 3 rings (SSSR count). The van der Waals surface area contributed by atoms with Crippen LogP contribution in [-0.2, 0) is 60.6 Å². The van der Waals surface area contributed by atoms with Gasteiger partial charge >= 0.3 is 23.9 Å². The summed E-state index contributed by atoms with van der Waals surface area (Å²) in [7, 11) is 0. The lowest BCUT2D eigenvalue weighted by atomic mass is 9.93. The number of aliphatic hydroxyl groups excluding tert-OH is 1. The van der Waals surface area contributed by atoms with Crippen LogP contribution in [0.3, 0.4) is 0 Å². The van der Waals surface area contributed by atoms with E-state index >= 15 is 0 Å². The molecule has 1 aliphatic rings. The van der Waals surface area contributed by atoms with E-state index in [4.69, 9.17) is 49.5 Å². The van der Waals surface area contributed by atoms with Crippen molar-refractivity contribution in [3.63, 3.8) is 0 Å². The third kappa shape index (κ3) is 16.2. The molecular weight excluding hydrogens is 853 g/mol. The van der Waals surface area contributed by atoms with Crippen molar-refractivity contribution in [2.75, 3.05) is 32.9 Å². The van der Waals surface area contributed by atoms with Gasteiger partial charge in [-0.3, -0.25) is 28.7 Å². The second-order valence-corrected chi connectivity index (χ2v) is 20.0. The molecule has 0 radical (unpaired) electrons. The van der Waals surface area contributed by atoms with Gasteiger partial charge in [-0.1, -0.05) is 19.9 Å². The molecule has 1 aliphatic heterocycles. The normalized spacial score (nSPS) is 20.0. The van der Waals surface area contributed by atoms with Gasteiger partial charge in [-0.05, 0) is 138 Å². The molecule has 17 nitrogen and oxygen atoms in total. The molecular formula is C49H78N4O13. The first-order valence-corrected chi connectivity index (χ1v) is 22.4. The van der Waals surface area contributed by atoms with Crippen LogP contribution >= 0.6 is 0 Å². The highest BCUT2D eigenvalue weighted by Gasteiger charge is 2.56. The highest BCUT2D eigenvalue weighted by molar-refractivity contribution is 5.78. The van der Waals surface area contributed by atoms with E-state index < -0.39 is 104 Å². The summed E-state index contributed by atoms with van der Waals surface area (Å²) in [6.45, 7) is 17.2. The lowest BCUT2D eigenvalue weighted by Crippen LogP contribution is -2.65. The maximum atomic E-state index is 14.1. The fourth-order valence-electron chi connectivity index (χ4n) is 6.48. The van der Waals surface area contributed by atoms with Crippen LogP contribution in [0.25, 0.3) is 0 Å². The minimum atomic E-state index is -1.76. The van der Waals surface area contributed by atoms with Crippen LogP contribution < -0.4 is 20.5 Å². The standard InChI is InChI=1S/C49H78N4O13/c1-29(2)36-33(27-31-18-19-32(26-30(31)3)60-25-16-21-51-22-20-35(50)55)40(52-53(36)23-17-24-54)66-41-39(65-45(59)49(13,14)15)38(64-44(58)48(10,11)12)37(63-43(57)47(7,8)9)34(62-41)28-61-42(56)46(4,5)6/h18-19,26,29,34,37-39,41,51,54H,16-17,20-25,27-28H2,1-15H3,(H2,50,55)/t34-,37-,38+,39-,41?/m1/s1/i4D,7D,10D,13D. The first kappa shape index (κ1) is 49.2. The van der Waals surface area contributed by atoms with Crippen LogP contribution in [-0.4, -0.2) is 108 Å². The Morgan fingerprint density at radius 2 is 1.42 bits per heavy atom. The molecule has 0 saturated carbocycles. The summed E-state index contributed by atoms with van der Waals surface area (Å²) in [6, 6.07) is 5.67. The molecule has 1 amide bonds. The number of nitrogens with one attached hydrogen (secondary N) is 1. The van der Waals surface area contributed by atoms with Gasteiger partial charge in [0.15, 0.2) is 12.2 Å². The van der Waals surface area contributed by atoms with E-state index in [9.17, 15) is 29.1 Å². The molecule has 1 aromatic heterocycles. The number of hydrogen-bond donors (Lipinski definition) is 3. The highest BCUT2D eigenvalue weighted by atomic mass is 16.7. The van der Waals surface area contributed by atoms with Crippen molar-refractivity contribution in [3.8, 4) is 11.6 Å². The summed E-state index contributed by atoms with van der Waals surface area (Å²) < 4.78 is 77.6. The molecule has 0 aliphatic carbocycles. The van der Waals surface area contributed by atoms with Crippen molar-refractivity contribution in [2.45, 2.75) is 173 Å². The van der Waals surface area contributed by atoms with E-state index in [1.807, 2.05) is 39.0 Å². The fourth-order valence-corrected chi connectivity index (χ4v) is 6.48. The van der Waals surface area contributed by atoms with E-state index in [2.05, 4.69) is 5.32 Å². The second kappa shape index (κ2) is 23.3. The fraction of sp³-hybridized carbons (Fsp3) is 0.714. The van der Waals surface area contributed by atoms with E-state index in [1.54, 1.807) is 4.68 Å². The molecule has 66 heavy (non-hydrogen) atoms. The van der Waals surface area contributed by atoms with Crippen LogP contribution in [0.5, 0.6) is 11.6 Å². The van der Waals surface area contributed by atoms with Gasteiger partial charge in [-0.15, -0.1) is 5.10 Å². The van der Waals surface area contributed by atoms with Gasteiger partial charge in [0, 0.05) is 49.3 Å². The monoisotopic (exact) mass is 935 g/mol. The second-order valence-electron chi connectivity index (χ2n) is 20.0. The molecule has 0 spiro atoms. The maximum absolute atomic E-state index is 14.1. The number of carbonyl (C=O) groups excluding carboxylic acids is 5. The van der Waals surface area contributed by atoms with Crippen molar-refractivity contribution in [3.05, 3.63) is 40.6 Å². The number of benzene rings is 1. The third-order valence-corrected chi connectivity index (χ3v) is 10.3. The zero-order valence-electron chi connectivity index (χ0n) is 44.9. The minimum absolute atomic E-state index is 0.0180. The summed E-state index contributed by atoms with van der Waals surface area (Å²) in [4.78, 5) is 66.5. The van der Waals surface area contributed by atoms with Gasteiger partial charge < -0.3 is 49.3 Å². The third-order valence-electron chi connectivity index (χ3n) is 10.3. The Morgan fingerprint density at radius 1 is 0.848 bits per heavy atom. The smallest absolute Gasteiger partial charge is 0.311 e. The van der Waals surface area contributed by atoms with Crippen molar-refractivity contribution >= 4 is 29.8 Å². The van der Waals surface area contributed by atoms with Crippen molar-refractivity contribution in [2.24, 2.45) is 27.4 Å². The number of hydrogen-bond acceptors (Lipinski definition) is 15. The molecule has 2 aromatic rings. The zero-order valence-corrected chi connectivity index (χ0v) is 40.9. The Kier molecular flexibility index (Phi) is 17.4. The van der Waals surface area contributed by atoms with Crippen molar-refractivity contribution in [1.82, 2.24) is 15.1 Å². The van der Waals surface area contributed by atoms with Crippen molar-refractivity contribution in [1.29, 1.82) is 0 Å². The molecule has 17 heteroatoms. The van der Waals surface area contributed by atoms with Crippen LogP contribution in [0.4, 0.5) is 0 Å².